The second-order valence-corrected chi connectivity index (χ2v) is 5.08. The summed E-state index contributed by atoms with van der Waals surface area (Å²) < 4.78 is 13.9. The zero-order valence-electron chi connectivity index (χ0n) is 7.70. The lowest BCUT2D eigenvalue weighted by atomic mass is 9.81. The van der Waals surface area contributed by atoms with Gasteiger partial charge in [-0.15, -0.1) is 0 Å². The lowest BCUT2D eigenvalue weighted by molar-refractivity contribution is 0.358. The van der Waals surface area contributed by atoms with Crippen molar-refractivity contribution in [2.45, 2.75) is 33.4 Å². The number of rotatable bonds is 0. The third kappa shape index (κ3) is 2.19. The summed E-state index contributed by atoms with van der Waals surface area (Å²) >= 11 is 3.19. The van der Waals surface area contributed by atoms with Crippen molar-refractivity contribution in [2.75, 3.05) is 0 Å². The molecule has 0 radical (unpaired) electrons. The van der Waals surface area contributed by atoms with E-state index in [1.165, 1.54) is 5.57 Å². The number of hydrogen-bond donors (Lipinski definition) is 0. The normalized spacial score (nSPS) is 24.9. The Morgan fingerprint density at radius 3 is 2.42 bits per heavy atom. The van der Waals surface area contributed by atoms with Crippen LogP contribution in [0.4, 0.5) is 4.39 Å². The molecule has 12 heavy (non-hydrogen) atoms. The van der Waals surface area contributed by atoms with E-state index in [4.69, 9.17) is 0 Å². The molecule has 68 valence electrons. The average Bonchev–Trinajstić information content (AvgIpc) is 1.92. The van der Waals surface area contributed by atoms with Gasteiger partial charge in [0.05, 0.1) is 0 Å². The molecule has 1 aliphatic rings. The van der Waals surface area contributed by atoms with Crippen LogP contribution in [-0.2, 0) is 0 Å². The maximum Gasteiger partial charge on any atom is 0.135 e. The number of alkyl halides is 1. The summed E-state index contributed by atoms with van der Waals surface area (Å²) in [5, 5.41) is 0. The minimum Gasteiger partial charge on any atom is -0.241 e. The van der Waals surface area contributed by atoms with E-state index in [9.17, 15) is 4.39 Å². The molecule has 0 spiro atoms. The van der Waals surface area contributed by atoms with E-state index in [0.717, 1.165) is 0 Å². The van der Waals surface area contributed by atoms with E-state index in [2.05, 4.69) is 36.7 Å². The van der Waals surface area contributed by atoms with Gasteiger partial charge in [-0.2, -0.15) is 0 Å². The van der Waals surface area contributed by atoms with Gasteiger partial charge in [0.25, 0.3) is 0 Å². The van der Waals surface area contributed by atoms with Crippen LogP contribution in [0.15, 0.2) is 22.2 Å². The molecule has 0 nitrogen and oxygen atoms in total. The first-order valence-corrected chi connectivity index (χ1v) is 4.91. The van der Waals surface area contributed by atoms with Crippen LogP contribution in [0.2, 0.25) is 0 Å². The summed E-state index contributed by atoms with van der Waals surface area (Å²) in [6.07, 6.45) is 3.51. The van der Waals surface area contributed by atoms with Crippen molar-refractivity contribution in [3.63, 3.8) is 0 Å². The van der Waals surface area contributed by atoms with Crippen molar-refractivity contribution in [2.24, 2.45) is 5.41 Å². The molecule has 1 rings (SSSR count). The van der Waals surface area contributed by atoms with Crippen LogP contribution in [0.5, 0.6) is 0 Å². The Bertz CT molecular complexity index is 233. The third-order valence-corrected chi connectivity index (χ3v) is 2.87. The highest BCUT2D eigenvalue weighted by atomic mass is 79.9. The summed E-state index contributed by atoms with van der Waals surface area (Å²) in [4.78, 5) is 0. The largest absolute Gasteiger partial charge is 0.241 e. The molecular formula is C10H14BrF. The predicted molar refractivity (Wildman–Crippen MR) is 54.1 cm³/mol. The predicted octanol–water partition coefficient (Wildman–Crippen LogP) is 3.98. The van der Waals surface area contributed by atoms with Crippen LogP contribution in [0.1, 0.15) is 27.2 Å². The first-order valence-electron chi connectivity index (χ1n) is 4.12. The fraction of sp³-hybridized carbons (Fsp3) is 0.600. The number of halogens is 2. The number of allylic oxidation sites excluding steroid dienone is 4. The maximum atomic E-state index is 13.2. The zero-order chi connectivity index (χ0) is 9.35. The zero-order valence-corrected chi connectivity index (χ0v) is 9.28. The maximum absolute atomic E-state index is 13.2. The van der Waals surface area contributed by atoms with E-state index >= 15 is 0 Å². The average molecular weight is 233 g/mol. The lowest BCUT2D eigenvalue weighted by Gasteiger charge is -2.26. The fourth-order valence-corrected chi connectivity index (χ4v) is 1.49. The molecule has 1 unspecified atom stereocenters. The monoisotopic (exact) mass is 232 g/mol. The van der Waals surface area contributed by atoms with Gasteiger partial charge < -0.3 is 0 Å². The molecule has 0 heterocycles. The van der Waals surface area contributed by atoms with Crippen LogP contribution < -0.4 is 0 Å². The molecule has 0 aromatic carbocycles. The van der Waals surface area contributed by atoms with Crippen LogP contribution in [0.3, 0.4) is 0 Å². The van der Waals surface area contributed by atoms with Crippen molar-refractivity contribution in [3.8, 4) is 0 Å². The van der Waals surface area contributed by atoms with Gasteiger partial charge in [-0.3, -0.25) is 0 Å². The molecule has 1 atom stereocenters. The summed E-state index contributed by atoms with van der Waals surface area (Å²) in [7, 11) is 0. The first-order chi connectivity index (χ1) is 5.41. The van der Waals surface area contributed by atoms with Gasteiger partial charge in [0, 0.05) is 10.9 Å². The van der Waals surface area contributed by atoms with Gasteiger partial charge in [-0.1, -0.05) is 48.4 Å². The highest BCUT2D eigenvalue weighted by molar-refractivity contribution is 9.11. The number of hydrogen-bond acceptors (Lipinski definition) is 0. The van der Waals surface area contributed by atoms with Gasteiger partial charge in [0.2, 0.25) is 0 Å². The highest BCUT2D eigenvalue weighted by Gasteiger charge is 2.24. The molecule has 1 aliphatic carbocycles. The molecule has 0 fully saturated rings. The Morgan fingerprint density at radius 2 is 2.00 bits per heavy atom. The molecular weight excluding hydrogens is 219 g/mol. The molecule has 2 heteroatoms. The van der Waals surface area contributed by atoms with E-state index in [0.29, 0.717) is 10.9 Å². The smallest absolute Gasteiger partial charge is 0.135 e. The molecule has 0 saturated heterocycles. The van der Waals surface area contributed by atoms with Gasteiger partial charge >= 0.3 is 0 Å². The SMILES string of the molecule is CC(C)(C)C1=CC=C(Br)C(F)C1. The summed E-state index contributed by atoms with van der Waals surface area (Å²) in [6, 6.07) is 0. The van der Waals surface area contributed by atoms with E-state index in [1.54, 1.807) is 0 Å². The van der Waals surface area contributed by atoms with Gasteiger partial charge in [-0.05, 0) is 11.5 Å². The fourth-order valence-electron chi connectivity index (χ4n) is 1.20. The molecule has 0 aromatic rings. The third-order valence-electron chi connectivity index (χ3n) is 2.11. The Kier molecular flexibility index (Phi) is 2.77. The topological polar surface area (TPSA) is 0 Å². The van der Waals surface area contributed by atoms with E-state index in [-0.39, 0.29) is 5.41 Å². The Labute approximate surface area is 81.7 Å². The van der Waals surface area contributed by atoms with Crippen molar-refractivity contribution in [1.82, 2.24) is 0 Å². The highest BCUT2D eigenvalue weighted by Crippen LogP contribution is 2.35. The lowest BCUT2D eigenvalue weighted by Crippen LogP contribution is -2.16. The molecule has 0 N–H and O–H groups in total. The minimum absolute atomic E-state index is 0.0918. The Hall–Kier alpha value is -0.110. The van der Waals surface area contributed by atoms with Crippen molar-refractivity contribution >= 4 is 15.9 Å². The molecule has 0 bridgehead atoms. The molecule has 0 saturated carbocycles. The Morgan fingerprint density at radius 1 is 1.42 bits per heavy atom. The molecule has 0 aliphatic heterocycles. The summed E-state index contributed by atoms with van der Waals surface area (Å²) in [5.74, 6) is 0. The van der Waals surface area contributed by atoms with Crippen LogP contribution in [-0.4, -0.2) is 6.17 Å². The van der Waals surface area contributed by atoms with E-state index in [1.807, 2.05) is 12.2 Å². The van der Waals surface area contributed by atoms with Crippen molar-refractivity contribution in [1.29, 1.82) is 0 Å². The second kappa shape index (κ2) is 3.33. The van der Waals surface area contributed by atoms with Crippen LogP contribution >= 0.6 is 15.9 Å². The van der Waals surface area contributed by atoms with Crippen LogP contribution in [0.25, 0.3) is 0 Å². The minimum atomic E-state index is -0.843. The molecule has 0 aromatic heterocycles. The summed E-state index contributed by atoms with van der Waals surface area (Å²) in [6.45, 7) is 6.33. The Balaban J connectivity index is 2.84. The van der Waals surface area contributed by atoms with Crippen LogP contribution in [0, 0.1) is 5.41 Å². The van der Waals surface area contributed by atoms with Crippen molar-refractivity contribution in [3.05, 3.63) is 22.2 Å². The molecule has 0 amide bonds. The van der Waals surface area contributed by atoms with E-state index < -0.39 is 6.17 Å². The standard InChI is InChI=1S/C10H14BrF/c1-10(2,3)7-4-5-8(11)9(12)6-7/h4-5,9H,6H2,1-3H3. The van der Waals surface area contributed by atoms with Gasteiger partial charge in [-0.25, -0.2) is 4.39 Å². The van der Waals surface area contributed by atoms with Crippen molar-refractivity contribution < 1.29 is 4.39 Å². The second-order valence-electron chi connectivity index (χ2n) is 4.17. The first kappa shape index (κ1) is 9.97. The van der Waals surface area contributed by atoms with Gasteiger partial charge in [0.1, 0.15) is 6.17 Å². The van der Waals surface area contributed by atoms with Gasteiger partial charge in [0.15, 0.2) is 0 Å². The quantitative estimate of drug-likeness (QED) is 0.593. The summed E-state index contributed by atoms with van der Waals surface area (Å²) in [5.41, 5.74) is 1.27.